The highest BCUT2D eigenvalue weighted by atomic mass is 32.1. The summed E-state index contributed by atoms with van der Waals surface area (Å²) in [6.07, 6.45) is 2.00. The predicted octanol–water partition coefficient (Wildman–Crippen LogP) is 4.53. The van der Waals surface area contributed by atoms with Gasteiger partial charge in [0.25, 0.3) is 11.5 Å². The van der Waals surface area contributed by atoms with Crippen LogP contribution >= 0.6 is 11.3 Å². The minimum atomic E-state index is -0.473. The van der Waals surface area contributed by atoms with Crippen LogP contribution < -0.4 is 16.2 Å². The van der Waals surface area contributed by atoms with Gasteiger partial charge in [-0.2, -0.15) is 0 Å². The largest absolute Gasteiger partial charge is 0.462 e. The van der Waals surface area contributed by atoms with Crippen molar-refractivity contribution in [3.05, 3.63) is 86.8 Å². The molecule has 37 heavy (non-hydrogen) atoms. The summed E-state index contributed by atoms with van der Waals surface area (Å²) in [7, 11) is 0. The van der Waals surface area contributed by atoms with Gasteiger partial charge < -0.3 is 15.4 Å². The normalized spacial score (nSPS) is 10.8. The van der Waals surface area contributed by atoms with Gasteiger partial charge in [-0.25, -0.2) is 9.78 Å². The number of amides is 2. The Hall–Kier alpha value is -4.31. The summed E-state index contributed by atoms with van der Waals surface area (Å²) in [5.41, 5.74) is 2.42. The van der Waals surface area contributed by atoms with Crippen LogP contribution in [-0.2, 0) is 16.1 Å². The van der Waals surface area contributed by atoms with E-state index in [1.165, 1.54) is 17.0 Å². The molecule has 2 aromatic heterocycles. The average molecular weight is 519 g/mol. The van der Waals surface area contributed by atoms with Crippen LogP contribution in [0.3, 0.4) is 0 Å². The Bertz CT molecular complexity index is 1560. The summed E-state index contributed by atoms with van der Waals surface area (Å²) in [4.78, 5) is 56.0. The Morgan fingerprint density at radius 3 is 2.59 bits per heavy atom. The lowest BCUT2D eigenvalue weighted by Crippen LogP contribution is -2.28. The van der Waals surface area contributed by atoms with E-state index in [9.17, 15) is 19.2 Å². The molecule has 2 aromatic carbocycles. The number of ether oxygens (including phenoxy) is 1. The number of aromatic nitrogens is 2. The molecular weight excluding hydrogens is 492 g/mol. The van der Waals surface area contributed by atoms with Crippen molar-refractivity contribution in [1.29, 1.82) is 0 Å². The summed E-state index contributed by atoms with van der Waals surface area (Å²) in [6.45, 7) is 5.52. The van der Waals surface area contributed by atoms with Gasteiger partial charge in [-0.15, -0.1) is 11.3 Å². The van der Waals surface area contributed by atoms with Crippen LogP contribution in [0.4, 0.5) is 11.4 Å². The van der Waals surface area contributed by atoms with Crippen molar-refractivity contribution in [2.24, 2.45) is 0 Å². The first-order chi connectivity index (χ1) is 17.8. The highest BCUT2D eigenvalue weighted by Crippen LogP contribution is 2.28. The molecule has 0 fully saturated rings. The Morgan fingerprint density at radius 1 is 1.05 bits per heavy atom. The van der Waals surface area contributed by atoms with Gasteiger partial charge in [0, 0.05) is 11.4 Å². The fourth-order valence-electron chi connectivity index (χ4n) is 3.74. The molecule has 0 saturated heterocycles. The summed E-state index contributed by atoms with van der Waals surface area (Å²) < 4.78 is 6.32. The summed E-state index contributed by atoms with van der Waals surface area (Å²) in [6, 6.07) is 13.8. The molecule has 10 heteroatoms. The summed E-state index contributed by atoms with van der Waals surface area (Å²) in [5, 5.41) is 5.88. The van der Waals surface area contributed by atoms with Crippen LogP contribution in [0, 0.1) is 13.8 Å². The number of esters is 1. The molecule has 0 aliphatic heterocycles. The van der Waals surface area contributed by atoms with E-state index in [0.717, 1.165) is 16.9 Å². The number of carbonyl (C=O) groups is 3. The number of thiophene rings is 1. The lowest BCUT2D eigenvalue weighted by molar-refractivity contribution is -0.116. The molecule has 0 spiro atoms. The minimum absolute atomic E-state index is 0.285. The molecule has 9 nitrogen and oxygen atoms in total. The number of carbonyl (C=O) groups excluding carboxylic acids is 3. The molecule has 0 aliphatic carbocycles. The summed E-state index contributed by atoms with van der Waals surface area (Å²) in [5.74, 6) is -1.26. The van der Waals surface area contributed by atoms with Crippen molar-refractivity contribution in [1.82, 2.24) is 9.55 Å². The fourth-order valence-corrected chi connectivity index (χ4v) is 4.77. The van der Waals surface area contributed by atoms with Gasteiger partial charge in [-0.3, -0.25) is 19.0 Å². The maximum Gasteiger partial charge on any atom is 0.338 e. The first-order valence-corrected chi connectivity index (χ1v) is 12.5. The Labute approximate surface area is 217 Å². The molecule has 2 heterocycles. The number of fused-ring (bicyclic) bond motifs is 1. The van der Waals surface area contributed by atoms with Gasteiger partial charge in [0.05, 0.1) is 28.8 Å². The minimum Gasteiger partial charge on any atom is -0.462 e. The molecule has 190 valence electrons. The number of hydrogen-bond acceptors (Lipinski definition) is 7. The second-order valence-corrected chi connectivity index (χ2v) is 9.45. The molecule has 2 N–H and O–H groups in total. The zero-order chi connectivity index (χ0) is 26.5. The lowest BCUT2D eigenvalue weighted by atomic mass is 10.2. The van der Waals surface area contributed by atoms with Gasteiger partial charge in [-0.1, -0.05) is 31.2 Å². The van der Waals surface area contributed by atoms with Crippen LogP contribution in [0.2, 0.25) is 0 Å². The van der Waals surface area contributed by atoms with Crippen molar-refractivity contribution in [2.75, 3.05) is 17.2 Å². The van der Waals surface area contributed by atoms with Gasteiger partial charge in [0.2, 0.25) is 5.91 Å². The van der Waals surface area contributed by atoms with Crippen LogP contribution in [0.1, 0.15) is 44.5 Å². The highest BCUT2D eigenvalue weighted by Gasteiger charge is 2.20. The van der Waals surface area contributed by atoms with Gasteiger partial charge in [0.15, 0.2) is 0 Å². The topological polar surface area (TPSA) is 119 Å². The predicted molar refractivity (Wildman–Crippen MR) is 143 cm³/mol. The molecule has 0 aliphatic rings. The number of benzene rings is 2. The monoisotopic (exact) mass is 518 g/mol. The van der Waals surface area contributed by atoms with E-state index in [1.54, 1.807) is 25.1 Å². The SMILES string of the molecule is CCCOC(=O)c1cccc(NC(=O)Cn2cnc3sc(C(=O)Nc4ccccc4C)c(C)c3c2=O)c1. The van der Waals surface area contributed by atoms with Crippen LogP contribution in [0.25, 0.3) is 10.2 Å². The van der Waals surface area contributed by atoms with Gasteiger partial charge in [-0.05, 0) is 55.7 Å². The Balaban J connectivity index is 1.52. The first kappa shape index (κ1) is 25.8. The van der Waals surface area contributed by atoms with E-state index in [2.05, 4.69) is 15.6 Å². The van der Waals surface area contributed by atoms with E-state index in [-0.39, 0.29) is 12.5 Å². The third kappa shape index (κ3) is 5.75. The molecule has 4 aromatic rings. The average Bonchev–Trinajstić information content (AvgIpc) is 3.22. The second kappa shape index (κ2) is 11.2. The molecule has 0 radical (unpaired) electrons. The van der Waals surface area contributed by atoms with E-state index in [4.69, 9.17) is 4.74 Å². The molecule has 0 unspecified atom stereocenters. The van der Waals surface area contributed by atoms with Gasteiger partial charge in [0.1, 0.15) is 11.4 Å². The molecule has 0 atom stereocenters. The number of hydrogen-bond donors (Lipinski definition) is 2. The first-order valence-electron chi connectivity index (χ1n) is 11.7. The number of aryl methyl sites for hydroxylation is 2. The fraction of sp³-hybridized carbons (Fsp3) is 0.222. The van der Waals surface area contributed by atoms with Crippen molar-refractivity contribution >= 4 is 50.7 Å². The van der Waals surface area contributed by atoms with Crippen LogP contribution in [0.15, 0.2) is 59.7 Å². The van der Waals surface area contributed by atoms with E-state index >= 15 is 0 Å². The van der Waals surface area contributed by atoms with E-state index < -0.39 is 17.4 Å². The van der Waals surface area contributed by atoms with Crippen molar-refractivity contribution in [2.45, 2.75) is 33.7 Å². The molecular formula is C27H26N4O5S. The Morgan fingerprint density at radius 2 is 1.84 bits per heavy atom. The standard InChI is InChI=1S/C27H26N4O5S/c1-4-12-36-27(35)18-9-7-10-19(13-18)29-21(32)14-31-15-28-25-22(26(31)34)17(3)23(37-25)24(33)30-20-11-6-5-8-16(20)2/h5-11,13,15H,4,12,14H2,1-3H3,(H,29,32)(H,30,33). The molecule has 0 bridgehead atoms. The number of para-hydroxylation sites is 1. The maximum absolute atomic E-state index is 13.2. The number of anilines is 2. The van der Waals surface area contributed by atoms with Gasteiger partial charge >= 0.3 is 5.97 Å². The number of nitrogens with zero attached hydrogens (tertiary/aromatic N) is 2. The third-order valence-electron chi connectivity index (χ3n) is 5.65. The molecule has 0 saturated carbocycles. The zero-order valence-electron chi connectivity index (χ0n) is 20.7. The smallest absolute Gasteiger partial charge is 0.338 e. The lowest BCUT2D eigenvalue weighted by Gasteiger charge is -2.09. The van der Waals surface area contributed by atoms with Crippen molar-refractivity contribution in [3.8, 4) is 0 Å². The zero-order valence-corrected chi connectivity index (χ0v) is 21.5. The number of rotatable bonds is 8. The van der Waals surface area contributed by atoms with E-state index in [0.29, 0.717) is 50.6 Å². The molecule has 4 rings (SSSR count). The second-order valence-electron chi connectivity index (χ2n) is 8.45. The molecule has 2 amide bonds. The van der Waals surface area contributed by atoms with Crippen LogP contribution in [-0.4, -0.2) is 33.9 Å². The highest BCUT2D eigenvalue weighted by molar-refractivity contribution is 7.20. The third-order valence-corrected chi connectivity index (χ3v) is 6.85. The van der Waals surface area contributed by atoms with Crippen LogP contribution in [0.5, 0.6) is 0 Å². The quantitative estimate of drug-likeness (QED) is 0.331. The van der Waals surface area contributed by atoms with Crippen molar-refractivity contribution in [3.63, 3.8) is 0 Å². The Kier molecular flexibility index (Phi) is 7.78. The van der Waals surface area contributed by atoms with E-state index in [1.807, 2.05) is 38.1 Å². The summed E-state index contributed by atoms with van der Waals surface area (Å²) >= 11 is 1.13. The number of nitrogens with one attached hydrogen (secondary N) is 2. The maximum atomic E-state index is 13.2. The van der Waals surface area contributed by atoms with Crippen molar-refractivity contribution < 1.29 is 19.1 Å².